The normalized spacial score (nSPS) is 10.7. The fraction of sp³-hybridized carbons (Fsp3) is 0.190. The largest absolute Gasteiger partial charge is 0.489 e. The van der Waals surface area contributed by atoms with Crippen LogP contribution >= 0.6 is 24.0 Å². The Morgan fingerprint density at radius 2 is 2.03 bits per heavy atom. The maximum atomic E-state index is 5.70. The van der Waals surface area contributed by atoms with Crippen LogP contribution in [0.2, 0.25) is 0 Å². The van der Waals surface area contributed by atoms with E-state index in [4.69, 9.17) is 4.74 Å². The zero-order chi connectivity index (χ0) is 19.6. The van der Waals surface area contributed by atoms with Crippen LogP contribution in [0.1, 0.15) is 11.1 Å². The monoisotopic (exact) mass is 504 g/mol. The Bertz CT molecular complexity index is 926. The van der Waals surface area contributed by atoms with E-state index in [9.17, 15) is 0 Å². The number of nitrogens with zero attached hydrogens (tertiary/aromatic N) is 4. The highest BCUT2D eigenvalue weighted by molar-refractivity contribution is 14.0. The summed E-state index contributed by atoms with van der Waals surface area (Å²) in [5.41, 5.74) is 2.15. The number of ether oxygens (including phenoxy) is 1. The number of rotatable bonds is 8. The maximum absolute atomic E-state index is 5.70. The number of imidazole rings is 1. The number of benzene rings is 1. The molecule has 0 aliphatic carbocycles. The van der Waals surface area contributed by atoms with Crippen molar-refractivity contribution in [2.75, 3.05) is 13.7 Å². The van der Waals surface area contributed by atoms with Gasteiger partial charge in [0.05, 0.1) is 0 Å². The van der Waals surface area contributed by atoms with Crippen molar-refractivity contribution in [3.05, 3.63) is 85.1 Å². The number of aliphatic imine (C=N–C) groups is 1. The molecule has 3 rings (SSSR count). The van der Waals surface area contributed by atoms with Gasteiger partial charge in [-0.2, -0.15) is 0 Å². The van der Waals surface area contributed by atoms with Crippen LogP contribution in [0.3, 0.4) is 0 Å². The Labute approximate surface area is 188 Å². The second-order valence-corrected chi connectivity index (χ2v) is 5.98. The van der Waals surface area contributed by atoms with Gasteiger partial charge in [-0.25, -0.2) is 9.97 Å². The molecule has 7 nitrogen and oxygen atoms in total. The van der Waals surface area contributed by atoms with Gasteiger partial charge in [-0.1, -0.05) is 30.9 Å². The molecule has 0 spiro atoms. The molecule has 3 aromatic rings. The van der Waals surface area contributed by atoms with Gasteiger partial charge in [0.2, 0.25) is 0 Å². The van der Waals surface area contributed by atoms with Crippen LogP contribution in [0.5, 0.6) is 5.75 Å². The molecule has 0 atom stereocenters. The molecule has 8 heteroatoms. The van der Waals surface area contributed by atoms with E-state index in [1.54, 1.807) is 31.8 Å². The number of halogens is 1. The first-order chi connectivity index (χ1) is 13.8. The van der Waals surface area contributed by atoms with Crippen molar-refractivity contribution in [2.24, 2.45) is 4.99 Å². The molecular weight excluding hydrogens is 479 g/mol. The lowest BCUT2D eigenvalue weighted by Gasteiger charge is -2.14. The first kappa shape index (κ1) is 22.4. The van der Waals surface area contributed by atoms with Crippen molar-refractivity contribution >= 4 is 29.9 Å². The molecule has 1 aromatic carbocycles. The number of pyridine rings is 1. The molecule has 152 valence electrons. The summed E-state index contributed by atoms with van der Waals surface area (Å²) in [5, 5.41) is 6.64. The lowest BCUT2D eigenvalue weighted by Crippen LogP contribution is -2.36. The molecule has 0 fully saturated rings. The van der Waals surface area contributed by atoms with E-state index in [-0.39, 0.29) is 24.0 Å². The summed E-state index contributed by atoms with van der Waals surface area (Å²) in [7, 11) is 1.75. The van der Waals surface area contributed by atoms with Gasteiger partial charge in [0.25, 0.3) is 0 Å². The first-order valence-corrected chi connectivity index (χ1v) is 8.99. The molecule has 0 saturated carbocycles. The van der Waals surface area contributed by atoms with Gasteiger partial charge in [0, 0.05) is 44.3 Å². The second-order valence-electron chi connectivity index (χ2n) is 5.98. The number of hydrogen-bond acceptors (Lipinski definition) is 4. The van der Waals surface area contributed by atoms with Gasteiger partial charge in [0.1, 0.15) is 24.5 Å². The molecule has 0 radical (unpaired) electrons. The molecule has 29 heavy (non-hydrogen) atoms. The van der Waals surface area contributed by atoms with Crippen LogP contribution in [-0.2, 0) is 13.1 Å². The van der Waals surface area contributed by atoms with Crippen LogP contribution in [0.25, 0.3) is 5.82 Å². The highest BCUT2D eigenvalue weighted by atomic mass is 127. The average Bonchev–Trinajstić information content (AvgIpc) is 3.28. The van der Waals surface area contributed by atoms with E-state index in [1.165, 1.54) is 0 Å². The van der Waals surface area contributed by atoms with Gasteiger partial charge in [0.15, 0.2) is 5.96 Å². The minimum absolute atomic E-state index is 0. The van der Waals surface area contributed by atoms with Crippen LogP contribution in [0.4, 0.5) is 0 Å². The van der Waals surface area contributed by atoms with Gasteiger partial charge < -0.3 is 15.4 Å². The predicted molar refractivity (Wildman–Crippen MR) is 126 cm³/mol. The standard InChI is InChI=1S/C21H24N6O.HI/c1-3-12-28-19-7-5-4-6-18(19)15-26-21(22-2)25-14-17-8-9-24-20(13-17)27-11-10-23-16-27;/h3-11,13,16H,1,12,14-15H2,2H3,(H2,22,25,26);1H. The third-order valence-electron chi connectivity index (χ3n) is 4.04. The molecular formula is C21H25IN6O. The number of nitrogens with one attached hydrogen (secondary N) is 2. The molecule has 0 bridgehead atoms. The number of aromatic nitrogens is 3. The maximum Gasteiger partial charge on any atom is 0.191 e. The first-order valence-electron chi connectivity index (χ1n) is 8.99. The minimum atomic E-state index is 0. The van der Waals surface area contributed by atoms with Crippen LogP contribution in [0.15, 0.2) is 79.0 Å². The third-order valence-corrected chi connectivity index (χ3v) is 4.04. The third kappa shape index (κ3) is 6.60. The van der Waals surface area contributed by atoms with Gasteiger partial charge in [-0.3, -0.25) is 9.56 Å². The number of guanidine groups is 1. The lowest BCUT2D eigenvalue weighted by molar-refractivity contribution is 0.358. The Morgan fingerprint density at radius 3 is 2.79 bits per heavy atom. The van der Waals surface area contributed by atoms with Crippen molar-refractivity contribution in [3.8, 4) is 11.6 Å². The fourth-order valence-electron chi connectivity index (χ4n) is 2.63. The Morgan fingerprint density at radius 1 is 1.21 bits per heavy atom. The zero-order valence-corrected chi connectivity index (χ0v) is 18.6. The van der Waals surface area contributed by atoms with Gasteiger partial charge in [-0.05, 0) is 23.8 Å². The molecule has 0 aliphatic rings. The fourth-order valence-corrected chi connectivity index (χ4v) is 2.63. The van der Waals surface area contributed by atoms with E-state index in [1.807, 2.05) is 47.2 Å². The summed E-state index contributed by atoms with van der Waals surface area (Å²) >= 11 is 0. The molecule has 2 N–H and O–H groups in total. The van der Waals surface area contributed by atoms with Crippen LogP contribution in [-0.4, -0.2) is 34.1 Å². The SMILES string of the molecule is C=CCOc1ccccc1CNC(=NC)NCc1ccnc(-n2ccnc2)c1.I. The lowest BCUT2D eigenvalue weighted by atomic mass is 10.2. The molecule has 0 unspecified atom stereocenters. The van der Waals surface area contributed by atoms with Crippen molar-refractivity contribution in [1.82, 2.24) is 25.2 Å². The second kappa shape index (κ2) is 11.8. The summed E-state index contributed by atoms with van der Waals surface area (Å²) in [4.78, 5) is 12.7. The number of hydrogen-bond donors (Lipinski definition) is 2. The summed E-state index contributed by atoms with van der Waals surface area (Å²) in [6, 6.07) is 11.9. The van der Waals surface area contributed by atoms with E-state index in [0.717, 1.165) is 22.7 Å². The highest BCUT2D eigenvalue weighted by Crippen LogP contribution is 2.17. The Balaban J connectivity index is 0.00000300. The molecule has 0 aliphatic heterocycles. The molecule has 0 amide bonds. The average molecular weight is 504 g/mol. The minimum Gasteiger partial charge on any atom is -0.489 e. The Kier molecular flexibility index (Phi) is 9.16. The summed E-state index contributed by atoms with van der Waals surface area (Å²) in [6.45, 7) is 5.39. The van der Waals surface area contributed by atoms with E-state index in [2.05, 4.69) is 32.2 Å². The van der Waals surface area contributed by atoms with Crippen molar-refractivity contribution < 1.29 is 4.74 Å². The van der Waals surface area contributed by atoms with E-state index < -0.39 is 0 Å². The predicted octanol–water partition coefficient (Wildman–Crippen LogP) is 3.32. The van der Waals surface area contributed by atoms with Crippen molar-refractivity contribution in [3.63, 3.8) is 0 Å². The van der Waals surface area contributed by atoms with Crippen molar-refractivity contribution in [1.29, 1.82) is 0 Å². The Hall–Kier alpha value is -2.88. The molecule has 2 aromatic heterocycles. The molecule has 2 heterocycles. The topological polar surface area (TPSA) is 76.4 Å². The smallest absolute Gasteiger partial charge is 0.191 e. The summed E-state index contributed by atoms with van der Waals surface area (Å²) in [5.74, 6) is 2.37. The van der Waals surface area contributed by atoms with Crippen LogP contribution in [0, 0.1) is 0 Å². The summed E-state index contributed by atoms with van der Waals surface area (Å²) in [6.07, 6.45) is 8.85. The van der Waals surface area contributed by atoms with Crippen molar-refractivity contribution in [2.45, 2.75) is 13.1 Å². The van der Waals surface area contributed by atoms with Gasteiger partial charge in [-0.15, -0.1) is 24.0 Å². The zero-order valence-electron chi connectivity index (χ0n) is 16.3. The van der Waals surface area contributed by atoms with Crippen LogP contribution < -0.4 is 15.4 Å². The summed E-state index contributed by atoms with van der Waals surface area (Å²) < 4.78 is 7.57. The van der Waals surface area contributed by atoms with Gasteiger partial charge >= 0.3 is 0 Å². The number of para-hydroxylation sites is 1. The highest BCUT2D eigenvalue weighted by Gasteiger charge is 2.05. The van der Waals surface area contributed by atoms with E-state index in [0.29, 0.717) is 25.7 Å². The van der Waals surface area contributed by atoms with E-state index >= 15 is 0 Å². The molecule has 0 saturated heterocycles. The quantitative estimate of drug-likeness (QED) is 0.213.